The Balaban J connectivity index is 2.22. The lowest BCUT2D eigenvalue weighted by Crippen LogP contribution is -2.35. The number of rotatable bonds is 7. The molecule has 2 amide bonds. The molecule has 0 fully saturated rings. The van der Waals surface area contributed by atoms with Crippen molar-refractivity contribution < 1.29 is 9.59 Å². The van der Waals surface area contributed by atoms with Crippen molar-refractivity contribution in [1.82, 2.24) is 10.6 Å². The number of hydrogen-bond acceptors (Lipinski definition) is 3. The van der Waals surface area contributed by atoms with Crippen LogP contribution in [-0.2, 0) is 9.59 Å². The first-order valence-electron chi connectivity index (χ1n) is 6.40. The number of para-hydroxylation sites is 1. The molecule has 1 unspecified atom stereocenters. The maximum absolute atomic E-state index is 11.6. The lowest BCUT2D eigenvalue weighted by molar-refractivity contribution is -0.124. The quantitative estimate of drug-likeness (QED) is 0.687. The summed E-state index contributed by atoms with van der Waals surface area (Å²) < 4.78 is 0. The van der Waals surface area contributed by atoms with Crippen LogP contribution < -0.4 is 16.0 Å². The summed E-state index contributed by atoms with van der Waals surface area (Å²) in [5, 5.41) is 8.45. The van der Waals surface area contributed by atoms with E-state index in [9.17, 15) is 9.59 Å². The normalized spacial score (nSPS) is 11.7. The molecule has 19 heavy (non-hydrogen) atoms. The van der Waals surface area contributed by atoms with Crippen LogP contribution in [0, 0.1) is 5.92 Å². The Morgan fingerprint density at radius 3 is 2.53 bits per heavy atom. The second kappa shape index (κ2) is 8.26. The second-order valence-electron chi connectivity index (χ2n) is 4.41. The largest absolute Gasteiger partial charge is 0.355 e. The Bertz CT molecular complexity index is 406. The SMILES string of the molecule is CNCC(C)C(=O)NCCC(=O)Nc1ccccc1. The summed E-state index contributed by atoms with van der Waals surface area (Å²) in [6.07, 6.45) is 0.271. The molecule has 0 saturated carbocycles. The van der Waals surface area contributed by atoms with E-state index in [0.717, 1.165) is 5.69 Å². The van der Waals surface area contributed by atoms with Crippen LogP contribution in [0.3, 0.4) is 0 Å². The fourth-order valence-corrected chi connectivity index (χ4v) is 1.62. The van der Waals surface area contributed by atoms with Gasteiger partial charge in [0.1, 0.15) is 0 Å². The van der Waals surface area contributed by atoms with E-state index in [4.69, 9.17) is 0 Å². The first-order valence-corrected chi connectivity index (χ1v) is 6.40. The van der Waals surface area contributed by atoms with Crippen LogP contribution in [-0.4, -0.2) is 32.0 Å². The van der Waals surface area contributed by atoms with Gasteiger partial charge in [-0.25, -0.2) is 0 Å². The molecular weight excluding hydrogens is 242 g/mol. The summed E-state index contributed by atoms with van der Waals surface area (Å²) in [6, 6.07) is 9.25. The number of anilines is 1. The third kappa shape index (κ3) is 6.01. The molecule has 0 aromatic heterocycles. The third-order valence-electron chi connectivity index (χ3n) is 2.67. The molecule has 0 aliphatic rings. The van der Waals surface area contributed by atoms with Crippen LogP contribution in [0.2, 0.25) is 0 Å². The average Bonchev–Trinajstić information content (AvgIpc) is 2.40. The molecule has 1 aromatic rings. The summed E-state index contributed by atoms with van der Waals surface area (Å²) in [6.45, 7) is 2.82. The molecule has 0 radical (unpaired) electrons. The van der Waals surface area contributed by atoms with Gasteiger partial charge in [0.15, 0.2) is 0 Å². The molecule has 5 heteroatoms. The van der Waals surface area contributed by atoms with E-state index >= 15 is 0 Å². The van der Waals surface area contributed by atoms with Gasteiger partial charge in [-0.2, -0.15) is 0 Å². The Labute approximate surface area is 113 Å². The number of nitrogens with one attached hydrogen (secondary N) is 3. The number of benzene rings is 1. The first kappa shape index (κ1) is 15.2. The zero-order valence-electron chi connectivity index (χ0n) is 11.4. The third-order valence-corrected chi connectivity index (χ3v) is 2.67. The zero-order valence-corrected chi connectivity index (χ0v) is 11.4. The van der Waals surface area contributed by atoms with Gasteiger partial charge in [0, 0.05) is 31.1 Å². The van der Waals surface area contributed by atoms with Crippen LogP contribution in [0.4, 0.5) is 5.69 Å². The summed E-state index contributed by atoms with van der Waals surface area (Å²) in [5.74, 6) is -0.239. The van der Waals surface area contributed by atoms with Crippen molar-refractivity contribution in [2.75, 3.05) is 25.5 Å². The van der Waals surface area contributed by atoms with Gasteiger partial charge in [-0.15, -0.1) is 0 Å². The minimum atomic E-state index is -0.104. The molecule has 0 aliphatic heterocycles. The van der Waals surface area contributed by atoms with Gasteiger partial charge in [-0.05, 0) is 19.2 Å². The van der Waals surface area contributed by atoms with Gasteiger partial charge in [-0.1, -0.05) is 25.1 Å². The first-order chi connectivity index (χ1) is 9.13. The highest BCUT2D eigenvalue weighted by Gasteiger charge is 2.11. The van der Waals surface area contributed by atoms with Crippen molar-refractivity contribution in [3.63, 3.8) is 0 Å². The summed E-state index contributed by atoms with van der Waals surface area (Å²) in [5.41, 5.74) is 0.766. The molecule has 0 spiro atoms. The Morgan fingerprint density at radius 2 is 1.89 bits per heavy atom. The zero-order chi connectivity index (χ0) is 14.1. The Kier molecular flexibility index (Phi) is 6.60. The van der Waals surface area contributed by atoms with E-state index < -0.39 is 0 Å². The van der Waals surface area contributed by atoms with E-state index in [1.165, 1.54) is 0 Å². The Morgan fingerprint density at radius 1 is 1.21 bits per heavy atom. The molecule has 5 nitrogen and oxygen atoms in total. The summed E-state index contributed by atoms with van der Waals surface area (Å²) >= 11 is 0. The Hall–Kier alpha value is -1.88. The number of hydrogen-bond donors (Lipinski definition) is 3. The average molecular weight is 263 g/mol. The summed E-state index contributed by atoms with van der Waals surface area (Å²) in [7, 11) is 1.80. The summed E-state index contributed by atoms with van der Waals surface area (Å²) in [4.78, 5) is 23.2. The monoisotopic (exact) mass is 263 g/mol. The van der Waals surface area contributed by atoms with E-state index in [-0.39, 0.29) is 24.2 Å². The minimum absolute atomic E-state index is 0.0399. The van der Waals surface area contributed by atoms with Gasteiger partial charge >= 0.3 is 0 Å². The van der Waals surface area contributed by atoms with Crippen molar-refractivity contribution in [3.05, 3.63) is 30.3 Å². The van der Waals surface area contributed by atoms with Crippen molar-refractivity contribution in [2.45, 2.75) is 13.3 Å². The number of carbonyl (C=O) groups excluding carboxylic acids is 2. The standard InChI is InChI=1S/C14H21N3O2/c1-11(10-15-2)14(19)16-9-8-13(18)17-12-6-4-3-5-7-12/h3-7,11,15H,8-10H2,1-2H3,(H,16,19)(H,17,18). The second-order valence-corrected chi connectivity index (χ2v) is 4.41. The van der Waals surface area contributed by atoms with Gasteiger partial charge in [0.05, 0.1) is 0 Å². The highest BCUT2D eigenvalue weighted by Crippen LogP contribution is 2.05. The van der Waals surface area contributed by atoms with Crippen LogP contribution in [0.5, 0.6) is 0 Å². The molecule has 3 N–H and O–H groups in total. The molecular formula is C14H21N3O2. The molecule has 0 heterocycles. The van der Waals surface area contributed by atoms with Gasteiger partial charge < -0.3 is 16.0 Å². The molecule has 0 bridgehead atoms. The van der Waals surface area contributed by atoms with Crippen LogP contribution in [0.15, 0.2) is 30.3 Å². The molecule has 1 atom stereocenters. The van der Waals surface area contributed by atoms with Crippen LogP contribution >= 0.6 is 0 Å². The molecule has 0 saturated heterocycles. The van der Waals surface area contributed by atoms with E-state index in [1.54, 1.807) is 7.05 Å². The number of carbonyl (C=O) groups is 2. The predicted molar refractivity (Wildman–Crippen MR) is 75.8 cm³/mol. The lowest BCUT2D eigenvalue weighted by atomic mass is 10.1. The molecule has 1 rings (SSSR count). The van der Waals surface area contributed by atoms with E-state index in [2.05, 4.69) is 16.0 Å². The lowest BCUT2D eigenvalue weighted by Gasteiger charge is -2.11. The maximum Gasteiger partial charge on any atom is 0.226 e. The van der Waals surface area contributed by atoms with Crippen molar-refractivity contribution in [1.29, 1.82) is 0 Å². The maximum atomic E-state index is 11.6. The van der Waals surface area contributed by atoms with E-state index in [1.807, 2.05) is 37.3 Å². The van der Waals surface area contributed by atoms with Crippen LogP contribution in [0.1, 0.15) is 13.3 Å². The van der Waals surface area contributed by atoms with Gasteiger partial charge in [-0.3, -0.25) is 9.59 Å². The smallest absolute Gasteiger partial charge is 0.226 e. The molecule has 1 aromatic carbocycles. The predicted octanol–water partition coefficient (Wildman–Crippen LogP) is 0.987. The molecule has 104 valence electrons. The fourth-order valence-electron chi connectivity index (χ4n) is 1.62. The molecule has 0 aliphatic carbocycles. The van der Waals surface area contributed by atoms with E-state index in [0.29, 0.717) is 13.1 Å². The van der Waals surface area contributed by atoms with Crippen molar-refractivity contribution >= 4 is 17.5 Å². The van der Waals surface area contributed by atoms with Crippen molar-refractivity contribution in [3.8, 4) is 0 Å². The highest BCUT2D eigenvalue weighted by atomic mass is 16.2. The number of amides is 2. The van der Waals surface area contributed by atoms with Crippen LogP contribution in [0.25, 0.3) is 0 Å². The van der Waals surface area contributed by atoms with Gasteiger partial charge in [0.25, 0.3) is 0 Å². The minimum Gasteiger partial charge on any atom is -0.355 e. The topological polar surface area (TPSA) is 70.2 Å². The van der Waals surface area contributed by atoms with Crippen molar-refractivity contribution in [2.24, 2.45) is 5.92 Å². The highest BCUT2D eigenvalue weighted by molar-refractivity contribution is 5.91. The fraction of sp³-hybridized carbons (Fsp3) is 0.429. The van der Waals surface area contributed by atoms with Gasteiger partial charge in [0.2, 0.25) is 11.8 Å².